The number of aryl methyl sites for hydroxylation is 1. The van der Waals surface area contributed by atoms with E-state index < -0.39 is 0 Å². The standard InChI is InChI=1S/C14H15N5/c1-4-10-9-16-6-5-12(10)13-7-11(8-15)14(18-17-13)19(2)3/h5-7,9H,4H2,1-3H3. The van der Waals surface area contributed by atoms with Crippen molar-refractivity contribution in [3.63, 3.8) is 0 Å². The normalized spacial score (nSPS) is 10.0. The summed E-state index contributed by atoms with van der Waals surface area (Å²) >= 11 is 0. The van der Waals surface area contributed by atoms with Gasteiger partial charge in [-0.3, -0.25) is 4.98 Å². The van der Waals surface area contributed by atoms with Crippen LogP contribution in [-0.4, -0.2) is 29.3 Å². The van der Waals surface area contributed by atoms with E-state index in [0.717, 1.165) is 17.5 Å². The van der Waals surface area contributed by atoms with E-state index in [1.54, 1.807) is 17.2 Å². The zero-order valence-electron chi connectivity index (χ0n) is 11.3. The van der Waals surface area contributed by atoms with Crippen molar-refractivity contribution in [1.82, 2.24) is 15.2 Å². The Balaban J connectivity index is 2.56. The van der Waals surface area contributed by atoms with Crippen LogP contribution in [-0.2, 0) is 6.42 Å². The molecule has 0 amide bonds. The largest absolute Gasteiger partial charge is 0.360 e. The summed E-state index contributed by atoms with van der Waals surface area (Å²) in [6.07, 6.45) is 4.41. The third-order valence-electron chi connectivity index (χ3n) is 2.88. The zero-order valence-corrected chi connectivity index (χ0v) is 11.3. The minimum Gasteiger partial charge on any atom is -0.360 e. The lowest BCUT2D eigenvalue weighted by Gasteiger charge is -2.13. The van der Waals surface area contributed by atoms with Gasteiger partial charge in [0.25, 0.3) is 0 Å². The van der Waals surface area contributed by atoms with Gasteiger partial charge in [-0.25, -0.2) is 0 Å². The van der Waals surface area contributed by atoms with Gasteiger partial charge in [0.05, 0.1) is 11.3 Å². The molecule has 2 rings (SSSR count). The van der Waals surface area contributed by atoms with Gasteiger partial charge in [-0.05, 0) is 24.1 Å². The molecule has 0 saturated carbocycles. The molecule has 0 radical (unpaired) electrons. The first-order valence-corrected chi connectivity index (χ1v) is 6.05. The fourth-order valence-corrected chi connectivity index (χ4v) is 1.89. The van der Waals surface area contributed by atoms with Gasteiger partial charge >= 0.3 is 0 Å². The molecular weight excluding hydrogens is 238 g/mol. The van der Waals surface area contributed by atoms with Crippen LogP contribution in [0.25, 0.3) is 11.3 Å². The fourth-order valence-electron chi connectivity index (χ4n) is 1.89. The van der Waals surface area contributed by atoms with E-state index in [9.17, 15) is 5.26 Å². The van der Waals surface area contributed by atoms with Gasteiger partial charge in [-0.1, -0.05) is 6.92 Å². The predicted octanol–water partition coefficient (Wildman–Crippen LogP) is 2.04. The topological polar surface area (TPSA) is 65.7 Å². The van der Waals surface area contributed by atoms with Gasteiger partial charge in [0.1, 0.15) is 6.07 Å². The Morgan fingerprint density at radius 3 is 2.74 bits per heavy atom. The molecule has 0 aliphatic carbocycles. The second-order valence-electron chi connectivity index (χ2n) is 4.36. The maximum absolute atomic E-state index is 9.21. The Kier molecular flexibility index (Phi) is 3.71. The molecule has 0 fully saturated rings. The first-order valence-electron chi connectivity index (χ1n) is 6.05. The quantitative estimate of drug-likeness (QED) is 0.837. The van der Waals surface area contributed by atoms with Crippen molar-refractivity contribution in [3.8, 4) is 17.3 Å². The van der Waals surface area contributed by atoms with Crippen molar-refractivity contribution in [2.75, 3.05) is 19.0 Å². The van der Waals surface area contributed by atoms with Gasteiger partial charge in [0, 0.05) is 32.1 Å². The number of hydrogen-bond donors (Lipinski definition) is 0. The minimum atomic E-state index is 0.522. The highest BCUT2D eigenvalue weighted by Crippen LogP contribution is 2.24. The highest BCUT2D eigenvalue weighted by molar-refractivity contribution is 5.66. The third-order valence-corrected chi connectivity index (χ3v) is 2.88. The van der Waals surface area contributed by atoms with Crippen LogP contribution < -0.4 is 4.90 Å². The molecule has 2 aromatic rings. The molecule has 0 atom stereocenters. The molecule has 2 aromatic heterocycles. The molecule has 0 aliphatic rings. The Morgan fingerprint density at radius 2 is 2.11 bits per heavy atom. The van der Waals surface area contributed by atoms with E-state index in [0.29, 0.717) is 17.1 Å². The molecule has 0 unspecified atom stereocenters. The van der Waals surface area contributed by atoms with Gasteiger partial charge in [0.15, 0.2) is 5.82 Å². The summed E-state index contributed by atoms with van der Waals surface area (Å²) in [6, 6.07) is 5.84. The number of anilines is 1. The van der Waals surface area contributed by atoms with Crippen LogP contribution in [0.5, 0.6) is 0 Å². The lowest BCUT2D eigenvalue weighted by Crippen LogP contribution is -2.13. The van der Waals surface area contributed by atoms with Crippen molar-refractivity contribution in [3.05, 3.63) is 35.7 Å². The maximum atomic E-state index is 9.21. The second-order valence-corrected chi connectivity index (χ2v) is 4.36. The molecule has 0 aromatic carbocycles. The number of aromatic nitrogens is 3. The third kappa shape index (κ3) is 2.52. The van der Waals surface area contributed by atoms with Crippen LogP contribution in [0.4, 0.5) is 5.82 Å². The highest BCUT2D eigenvalue weighted by atomic mass is 15.2. The summed E-state index contributed by atoms with van der Waals surface area (Å²) in [4.78, 5) is 5.89. The van der Waals surface area contributed by atoms with E-state index in [-0.39, 0.29) is 0 Å². The molecule has 0 N–H and O–H groups in total. The van der Waals surface area contributed by atoms with Gasteiger partial charge < -0.3 is 4.90 Å². The van der Waals surface area contributed by atoms with E-state index in [2.05, 4.69) is 28.2 Å². The molecule has 96 valence electrons. The number of hydrogen-bond acceptors (Lipinski definition) is 5. The molecule has 0 saturated heterocycles. The van der Waals surface area contributed by atoms with Crippen LogP contribution in [0.2, 0.25) is 0 Å². The average Bonchev–Trinajstić information content (AvgIpc) is 2.46. The molecule has 5 nitrogen and oxygen atoms in total. The summed E-state index contributed by atoms with van der Waals surface area (Å²) in [6.45, 7) is 2.06. The number of pyridine rings is 1. The number of rotatable bonds is 3. The van der Waals surface area contributed by atoms with Crippen LogP contribution in [0, 0.1) is 11.3 Å². The lowest BCUT2D eigenvalue weighted by molar-refractivity contribution is 0.959. The van der Waals surface area contributed by atoms with Crippen LogP contribution in [0.15, 0.2) is 24.5 Å². The van der Waals surface area contributed by atoms with Crippen molar-refractivity contribution >= 4 is 5.82 Å². The van der Waals surface area contributed by atoms with Crippen LogP contribution in [0.1, 0.15) is 18.1 Å². The van der Waals surface area contributed by atoms with E-state index in [4.69, 9.17) is 0 Å². The van der Waals surface area contributed by atoms with Crippen LogP contribution >= 0.6 is 0 Å². The maximum Gasteiger partial charge on any atom is 0.168 e. The molecular formula is C14H15N5. The smallest absolute Gasteiger partial charge is 0.168 e. The average molecular weight is 253 g/mol. The van der Waals surface area contributed by atoms with Crippen LogP contribution in [0.3, 0.4) is 0 Å². The SMILES string of the molecule is CCc1cnccc1-c1cc(C#N)c(N(C)C)nn1. The monoisotopic (exact) mass is 253 g/mol. The zero-order chi connectivity index (χ0) is 13.8. The minimum absolute atomic E-state index is 0.522. The van der Waals surface area contributed by atoms with Crippen molar-refractivity contribution < 1.29 is 0 Å². The lowest BCUT2D eigenvalue weighted by atomic mass is 10.0. The molecule has 19 heavy (non-hydrogen) atoms. The Morgan fingerprint density at radius 1 is 1.32 bits per heavy atom. The van der Waals surface area contributed by atoms with Gasteiger partial charge in [0.2, 0.25) is 0 Å². The second kappa shape index (κ2) is 5.44. The van der Waals surface area contributed by atoms with E-state index >= 15 is 0 Å². The van der Waals surface area contributed by atoms with Gasteiger partial charge in [-0.15, -0.1) is 10.2 Å². The fraction of sp³-hybridized carbons (Fsp3) is 0.286. The Labute approximate surface area is 112 Å². The summed E-state index contributed by atoms with van der Waals surface area (Å²) in [7, 11) is 3.68. The summed E-state index contributed by atoms with van der Waals surface area (Å²) in [5.41, 5.74) is 3.31. The predicted molar refractivity (Wildman–Crippen MR) is 73.7 cm³/mol. The summed E-state index contributed by atoms with van der Waals surface area (Å²) in [5, 5.41) is 17.6. The van der Waals surface area contributed by atoms with Crippen molar-refractivity contribution in [2.24, 2.45) is 0 Å². The number of nitrogens with zero attached hydrogens (tertiary/aromatic N) is 5. The molecule has 2 heterocycles. The Bertz CT molecular complexity index is 628. The first-order chi connectivity index (χ1) is 9.17. The summed E-state index contributed by atoms with van der Waals surface area (Å²) < 4.78 is 0. The van der Waals surface area contributed by atoms with Gasteiger partial charge in [-0.2, -0.15) is 5.26 Å². The molecule has 0 bridgehead atoms. The van der Waals surface area contributed by atoms with E-state index in [1.807, 2.05) is 26.4 Å². The molecule has 0 aliphatic heterocycles. The van der Waals surface area contributed by atoms with Crippen molar-refractivity contribution in [2.45, 2.75) is 13.3 Å². The van der Waals surface area contributed by atoms with E-state index in [1.165, 1.54) is 0 Å². The van der Waals surface area contributed by atoms with Crippen molar-refractivity contribution in [1.29, 1.82) is 5.26 Å². The number of nitriles is 1. The Hall–Kier alpha value is -2.48. The first kappa shape index (κ1) is 13.0. The highest BCUT2D eigenvalue weighted by Gasteiger charge is 2.11. The molecule has 5 heteroatoms. The molecule has 0 spiro atoms. The summed E-state index contributed by atoms with van der Waals surface area (Å²) in [5.74, 6) is 0.582.